The summed E-state index contributed by atoms with van der Waals surface area (Å²) in [6, 6.07) is 11.6. The lowest BCUT2D eigenvalue weighted by Crippen LogP contribution is -2.23. The van der Waals surface area contributed by atoms with Gasteiger partial charge in [0.2, 0.25) is 0 Å². The molecule has 0 aliphatic heterocycles. The highest BCUT2D eigenvalue weighted by molar-refractivity contribution is 9.10. The molecule has 0 saturated carbocycles. The molecule has 4 rings (SSSR count). The summed E-state index contributed by atoms with van der Waals surface area (Å²) in [4.78, 5) is 26.8. The van der Waals surface area contributed by atoms with E-state index in [1.807, 2.05) is 53.4 Å². The second kappa shape index (κ2) is 8.52. The molecular formula is C19H16BrN7O4. The van der Waals surface area contributed by atoms with Crippen molar-refractivity contribution in [2.75, 3.05) is 0 Å². The van der Waals surface area contributed by atoms with Crippen LogP contribution < -0.4 is 5.32 Å². The number of carbonyl (C=O) groups is 1. The van der Waals surface area contributed by atoms with E-state index in [1.165, 1.54) is 4.68 Å². The number of halogens is 1. The quantitative estimate of drug-likeness (QED) is 0.314. The third kappa shape index (κ3) is 4.38. The van der Waals surface area contributed by atoms with E-state index in [9.17, 15) is 14.9 Å². The first-order valence-corrected chi connectivity index (χ1v) is 9.92. The zero-order valence-corrected chi connectivity index (χ0v) is 17.8. The summed E-state index contributed by atoms with van der Waals surface area (Å²) < 4.78 is 8.64. The average Bonchev–Trinajstić information content (AvgIpc) is 3.51. The van der Waals surface area contributed by atoms with E-state index in [1.54, 1.807) is 6.92 Å². The number of nitrogens with one attached hydrogen (secondary N) is 1. The van der Waals surface area contributed by atoms with Crippen LogP contribution in [-0.4, -0.2) is 35.3 Å². The zero-order chi connectivity index (χ0) is 22.0. The van der Waals surface area contributed by atoms with Crippen LogP contribution in [-0.2, 0) is 13.1 Å². The van der Waals surface area contributed by atoms with Gasteiger partial charge in [-0.3, -0.25) is 4.79 Å². The van der Waals surface area contributed by atoms with Gasteiger partial charge in [0.05, 0.1) is 10.8 Å². The minimum Gasteiger partial charge on any atom is -0.358 e. The molecule has 31 heavy (non-hydrogen) atoms. The SMILES string of the molecule is Cc1c(Br)c([N+](=O)[O-])nn1Cc1noc(C(=O)NCc2ccc(-n3cccc3)cc2)n1. The van der Waals surface area contributed by atoms with E-state index in [4.69, 9.17) is 4.52 Å². The molecular weight excluding hydrogens is 470 g/mol. The molecule has 0 atom stereocenters. The predicted molar refractivity (Wildman–Crippen MR) is 112 cm³/mol. The fraction of sp³-hybridized carbons (Fsp3) is 0.158. The summed E-state index contributed by atoms with van der Waals surface area (Å²) in [6.45, 7) is 1.98. The van der Waals surface area contributed by atoms with Gasteiger partial charge in [-0.15, -0.1) is 0 Å². The normalized spacial score (nSPS) is 10.9. The Morgan fingerprint density at radius 2 is 1.97 bits per heavy atom. The summed E-state index contributed by atoms with van der Waals surface area (Å²) in [5.74, 6) is -0.842. The largest absolute Gasteiger partial charge is 0.404 e. The van der Waals surface area contributed by atoms with E-state index in [0.29, 0.717) is 12.2 Å². The number of hydrogen-bond donors (Lipinski definition) is 1. The number of benzene rings is 1. The monoisotopic (exact) mass is 485 g/mol. The molecule has 158 valence electrons. The van der Waals surface area contributed by atoms with Gasteiger partial charge in [0.1, 0.15) is 11.0 Å². The molecule has 12 heteroatoms. The van der Waals surface area contributed by atoms with Crippen molar-refractivity contribution >= 4 is 27.7 Å². The molecule has 11 nitrogen and oxygen atoms in total. The van der Waals surface area contributed by atoms with Crippen LogP contribution in [0.25, 0.3) is 5.69 Å². The van der Waals surface area contributed by atoms with Gasteiger partial charge in [-0.05, 0) is 57.6 Å². The van der Waals surface area contributed by atoms with E-state index < -0.39 is 10.8 Å². The Hall–Kier alpha value is -3.80. The molecule has 0 aliphatic rings. The molecule has 0 radical (unpaired) electrons. The van der Waals surface area contributed by atoms with Crippen molar-refractivity contribution in [1.82, 2.24) is 29.8 Å². The number of carbonyl (C=O) groups excluding carboxylic acids is 1. The molecule has 0 unspecified atom stereocenters. The smallest absolute Gasteiger partial charge is 0.358 e. The number of rotatable bonds is 7. The summed E-state index contributed by atoms with van der Waals surface area (Å²) in [5, 5.41) is 21.4. The van der Waals surface area contributed by atoms with Crippen LogP contribution in [0.2, 0.25) is 0 Å². The molecule has 0 saturated heterocycles. The number of amides is 1. The van der Waals surface area contributed by atoms with Crippen LogP contribution in [0.15, 0.2) is 57.8 Å². The maximum absolute atomic E-state index is 12.3. The van der Waals surface area contributed by atoms with Crippen LogP contribution in [0.4, 0.5) is 5.82 Å². The lowest BCUT2D eigenvalue weighted by Gasteiger charge is -2.06. The lowest BCUT2D eigenvalue weighted by atomic mass is 10.2. The number of nitro groups is 1. The molecule has 1 N–H and O–H groups in total. The van der Waals surface area contributed by atoms with E-state index >= 15 is 0 Å². The Morgan fingerprint density at radius 1 is 1.26 bits per heavy atom. The third-order valence-electron chi connectivity index (χ3n) is 4.54. The van der Waals surface area contributed by atoms with Crippen LogP contribution in [0, 0.1) is 17.0 Å². The zero-order valence-electron chi connectivity index (χ0n) is 16.2. The van der Waals surface area contributed by atoms with E-state index in [0.717, 1.165) is 11.3 Å². The molecule has 3 aromatic heterocycles. The topological polar surface area (TPSA) is 134 Å². The highest BCUT2D eigenvalue weighted by Crippen LogP contribution is 2.27. The van der Waals surface area contributed by atoms with E-state index in [-0.39, 0.29) is 28.6 Å². The number of hydrogen-bond acceptors (Lipinski definition) is 7. The van der Waals surface area contributed by atoms with Gasteiger partial charge in [-0.25, -0.2) is 0 Å². The fourth-order valence-corrected chi connectivity index (χ4v) is 3.30. The second-order valence-corrected chi connectivity index (χ2v) is 7.39. The van der Waals surface area contributed by atoms with Crippen LogP contribution in [0.3, 0.4) is 0 Å². The van der Waals surface area contributed by atoms with Gasteiger partial charge in [0.15, 0.2) is 5.82 Å². The maximum atomic E-state index is 12.3. The van der Waals surface area contributed by atoms with E-state index in [2.05, 4.69) is 36.5 Å². The van der Waals surface area contributed by atoms with Crippen LogP contribution in [0.5, 0.6) is 0 Å². The predicted octanol–water partition coefficient (Wildman–Crippen LogP) is 3.01. The minimum atomic E-state index is -0.590. The summed E-state index contributed by atoms with van der Waals surface area (Å²) in [7, 11) is 0. The summed E-state index contributed by atoms with van der Waals surface area (Å²) in [5.41, 5.74) is 2.46. The Morgan fingerprint density at radius 3 is 2.61 bits per heavy atom. The lowest BCUT2D eigenvalue weighted by molar-refractivity contribution is -0.390. The molecule has 3 heterocycles. The standard InChI is InChI=1S/C19H16BrN7O4/c1-12-16(20)17(27(29)30)23-26(12)11-15-22-19(31-24-15)18(28)21-10-13-4-6-14(7-5-13)25-8-2-3-9-25/h2-9H,10-11H2,1H3,(H,21,28). The van der Waals surface area contributed by atoms with Crippen molar-refractivity contribution < 1.29 is 14.2 Å². The number of nitrogens with zero attached hydrogens (tertiary/aromatic N) is 6. The van der Waals surface area contributed by atoms with Crippen LogP contribution >= 0.6 is 15.9 Å². The summed E-state index contributed by atoms with van der Waals surface area (Å²) in [6.07, 6.45) is 3.90. The van der Waals surface area contributed by atoms with Gasteiger partial charge in [0, 0.05) is 24.6 Å². The van der Waals surface area contributed by atoms with Crippen molar-refractivity contribution in [3.05, 3.63) is 86.4 Å². The maximum Gasteiger partial charge on any atom is 0.404 e. The Kier molecular flexibility index (Phi) is 5.62. The Balaban J connectivity index is 1.37. The van der Waals surface area contributed by atoms with Gasteiger partial charge in [-0.1, -0.05) is 17.3 Å². The molecule has 0 aliphatic carbocycles. The van der Waals surface area contributed by atoms with Gasteiger partial charge in [-0.2, -0.15) is 9.67 Å². The molecule has 0 fully saturated rings. The highest BCUT2D eigenvalue weighted by Gasteiger charge is 2.25. The minimum absolute atomic E-state index is 0.0237. The Bertz CT molecular complexity index is 1230. The second-order valence-electron chi connectivity index (χ2n) is 6.59. The third-order valence-corrected chi connectivity index (χ3v) is 5.46. The van der Waals surface area contributed by atoms with Crippen molar-refractivity contribution in [1.29, 1.82) is 0 Å². The van der Waals surface area contributed by atoms with Crippen LogP contribution in [0.1, 0.15) is 27.8 Å². The Labute approximate surface area is 184 Å². The van der Waals surface area contributed by atoms with Crippen molar-refractivity contribution in [2.45, 2.75) is 20.0 Å². The van der Waals surface area contributed by atoms with Gasteiger partial charge in [0.25, 0.3) is 0 Å². The fourth-order valence-electron chi connectivity index (χ4n) is 2.87. The van der Waals surface area contributed by atoms with Crippen molar-refractivity contribution in [3.8, 4) is 5.69 Å². The van der Waals surface area contributed by atoms with Crippen molar-refractivity contribution in [2.24, 2.45) is 0 Å². The first-order chi connectivity index (χ1) is 14.9. The molecule has 1 aromatic carbocycles. The first kappa shape index (κ1) is 20.5. The molecule has 0 spiro atoms. The molecule has 1 amide bonds. The summed E-state index contributed by atoms with van der Waals surface area (Å²) >= 11 is 3.15. The van der Waals surface area contributed by atoms with Gasteiger partial charge < -0.3 is 24.5 Å². The molecule has 4 aromatic rings. The van der Waals surface area contributed by atoms with Crippen molar-refractivity contribution in [3.63, 3.8) is 0 Å². The first-order valence-electron chi connectivity index (χ1n) is 9.12. The average molecular weight is 486 g/mol. The number of aromatic nitrogens is 5. The van der Waals surface area contributed by atoms with Gasteiger partial charge >= 0.3 is 17.6 Å². The highest BCUT2D eigenvalue weighted by atomic mass is 79.9. The molecule has 0 bridgehead atoms.